The van der Waals surface area contributed by atoms with Crippen LogP contribution in [0.25, 0.3) is 11.1 Å². The van der Waals surface area contributed by atoms with Crippen molar-refractivity contribution in [3.05, 3.63) is 106 Å². The number of hydrogen-bond acceptors (Lipinski definition) is 4. The molecule has 3 aromatic rings. The maximum atomic E-state index is 11.5. The van der Waals surface area contributed by atoms with E-state index in [1.165, 1.54) is 44.5 Å². The number of carbonyl (C=O) groups is 1. The van der Waals surface area contributed by atoms with Gasteiger partial charge in [-0.2, -0.15) is 0 Å². The molecule has 3 aromatic carbocycles. The molecule has 0 aliphatic rings. The van der Waals surface area contributed by atoms with Crippen LogP contribution < -0.4 is 0 Å². The largest absolute Gasteiger partial charge is 0.462 e. The van der Waals surface area contributed by atoms with Crippen molar-refractivity contribution in [3.8, 4) is 11.1 Å². The molecule has 0 heterocycles. The van der Waals surface area contributed by atoms with Crippen molar-refractivity contribution in [2.75, 3.05) is 19.8 Å². The van der Waals surface area contributed by atoms with E-state index in [2.05, 4.69) is 81.1 Å². The molecule has 0 unspecified atom stereocenters. The number of aryl methyl sites for hydroxylation is 6. The normalized spacial score (nSPS) is 11.2. The first kappa shape index (κ1) is 31.3. The molecule has 0 aromatic heterocycles. The Labute approximate surface area is 240 Å². The molecule has 0 spiro atoms. The SMILES string of the molecule is C=C(C)C(=O)OCCCc1ccc(CCc2ccc(-c3ccc(CCCC(CO)CO)cc3CC)c(C)c2)cc1. The van der Waals surface area contributed by atoms with Crippen molar-refractivity contribution in [1.82, 2.24) is 0 Å². The highest BCUT2D eigenvalue weighted by molar-refractivity contribution is 5.86. The van der Waals surface area contributed by atoms with Crippen LogP contribution in [0, 0.1) is 12.8 Å². The maximum absolute atomic E-state index is 11.5. The van der Waals surface area contributed by atoms with Gasteiger partial charge in [0.15, 0.2) is 0 Å². The van der Waals surface area contributed by atoms with Crippen LogP contribution >= 0.6 is 0 Å². The van der Waals surface area contributed by atoms with Crippen LogP contribution in [-0.2, 0) is 41.6 Å². The van der Waals surface area contributed by atoms with Crippen LogP contribution in [0.3, 0.4) is 0 Å². The molecule has 4 heteroatoms. The first-order valence-corrected chi connectivity index (χ1v) is 14.7. The lowest BCUT2D eigenvalue weighted by atomic mass is 9.90. The first-order valence-electron chi connectivity index (χ1n) is 14.7. The van der Waals surface area contributed by atoms with Gasteiger partial charge in [-0.3, -0.25) is 0 Å². The van der Waals surface area contributed by atoms with Crippen LogP contribution in [-0.4, -0.2) is 36.0 Å². The average molecular weight is 543 g/mol. The number of esters is 1. The van der Waals surface area contributed by atoms with Gasteiger partial charge < -0.3 is 14.9 Å². The number of carbonyl (C=O) groups excluding carboxylic acids is 1. The highest BCUT2D eigenvalue weighted by atomic mass is 16.5. The Balaban J connectivity index is 1.54. The summed E-state index contributed by atoms with van der Waals surface area (Å²) in [6.45, 7) is 10.2. The molecule has 2 N–H and O–H groups in total. The number of aliphatic hydroxyl groups excluding tert-OH is 2. The Hall–Kier alpha value is -3.21. The van der Waals surface area contributed by atoms with Crippen LogP contribution in [0.1, 0.15) is 66.5 Å². The smallest absolute Gasteiger partial charge is 0.333 e. The van der Waals surface area contributed by atoms with E-state index < -0.39 is 0 Å². The Bertz CT molecular complexity index is 1240. The molecular weight excluding hydrogens is 496 g/mol. The lowest BCUT2D eigenvalue weighted by molar-refractivity contribution is -0.139. The van der Waals surface area contributed by atoms with Crippen molar-refractivity contribution in [3.63, 3.8) is 0 Å². The molecule has 0 amide bonds. The van der Waals surface area contributed by atoms with Crippen LogP contribution in [0.2, 0.25) is 0 Å². The standard InChI is InChI=1S/C36H46O4/c1-5-33-23-30(8-6-9-32(24-37)25-38)18-20-35(33)34-19-17-31(22-27(34)4)16-15-29-13-11-28(12-14-29)10-7-21-40-36(39)26(2)3/h11-14,17-20,22-23,32,37-38H,2,5-10,15-16,21,24-25H2,1,3-4H3. The van der Waals surface area contributed by atoms with Crippen molar-refractivity contribution in [1.29, 1.82) is 0 Å². The molecule has 0 aliphatic carbocycles. The summed E-state index contributed by atoms with van der Waals surface area (Å²) < 4.78 is 5.18. The fraction of sp³-hybridized carbons (Fsp3) is 0.417. The third-order valence-electron chi connectivity index (χ3n) is 7.64. The van der Waals surface area contributed by atoms with Gasteiger partial charge >= 0.3 is 5.97 Å². The third kappa shape index (κ3) is 9.46. The summed E-state index contributed by atoms with van der Waals surface area (Å²) in [5, 5.41) is 18.6. The van der Waals surface area contributed by atoms with Gasteiger partial charge in [0.25, 0.3) is 0 Å². The van der Waals surface area contributed by atoms with Crippen molar-refractivity contribution >= 4 is 5.97 Å². The van der Waals surface area contributed by atoms with E-state index in [1.807, 2.05) is 0 Å². The molecule has 4 nitrogen and oxygen atoms in total. The second kappa shape index (κ2) is 16.2. The minimum atomic E-state index is -0.318. The lowest BCUT2D eigenvalue weighted by Crippen LogP contribution is -2.11. The second-order valence-electron chi connectivity index (χ2n) is 11.0. The predicted octanol–water partition coefficient (Wildman–Crippen LogP) is 6.99. The number of rotatable bonds is 16. The van der Waals surface area contributed by atoms with Gasteiger partial charge in [-0.05, 0) is 110 Å². The molecule has 0 bridgehead atoms. The quantitative estimate of drug-likeness (QED) is 0.116. The zero-order valence-electron chi connectivity index (χ0n) is 24.5. The van der Waals surface area contributed by atoms with Crippen LogP contribution in [0.5, 0.6) is 0 Å². The minimum Gasteiger partial charge on any atom is -0.462 e. The summed E-state index contributed by atoms with van der Waals surface area (Å²) in [4.78, 5) is 11.5. The first-order chi connectivity index (χ1) is 19.3. The van der Waals surface area contributed by atoms with Gasteiger partial charge in [0.1, 0.15) is 0 Å². The molecule has 0 radical (unpaired) electrons. The number of ether oxygens (including phenoxy) is 1. The van der Waals surface area contributed by atoms with Crippen LogP contribution in [0.15, 0.2) is 72.8 Å². The molecule has 0 atom stereocenters. The topological polar surface area (TPSA) is 66.8 Å². The minimum absolute atomic E-state index is 0.0121. The van der Waals surface area contributed by atoms with Crippen molar-refractivity contribution in [2.24, 2.45) is 5.92 Å². The molecular formula is C36H46O4. The average Bonchev–Trinajstić information content (AvgIpc) is 2.97. The van der Waals surface area contributed by atoms with E-state index in [0.717, 1.165) is 51.4 Å². The van der Waals surface area contributed by atoms with Gasteiger partial charge in [0, 0.05) is 24.7 Å². The van der Waals surface area contributed by atoms with E-state index in [4.69, 9.17) is 4.74 Å². The summed E-state index contributed by atoms with van der Waals surface area (Å²) >= 11 is 0. The van der Waals surface area contributed by atoms with E-state index in [9.17, 15) is 15.0 Å². The van der Waals surface area contributed by atoms with Gasteiger partial charge in [-0.1, -0.05) is 74.2 Å². The molecule has 0 saturated heterocycles. The Kier molecular flexibility index (Phi) is 12.6. The van der Waals surface area contributed by atoms with Gasteiger partial charge in [0.2, 0.25) is 0 Å². The molecule has 3 rings (SSSR count). The van der Waals surface area contributed by atoms with Crippen LogP contribution in [0.4, 0.5) is 0 Å². The maximum Gasteiger partial charge on any atom is 0.333 e. The van der Waals surface area contributed by atoms with Gasteiger partial charge in [0.05, 0.1) is 6.61 Å². The molecule has 0 fully saturated rings. The van der Waals surface area contributed by atoms with Gasteiger partial charge in [-0.15, -0.1) is 0 Å². The Morgan fingerprint density at radius 2 is 1.35 bits per heavy atom. The highest BCUT2D eigenvalue weighted by Gasteiger charge is 2.11. The zero-order valence-corrected chi connectivity index (χ0v) is 24.5. The summed E-state index contributed by atoms with van der Waals surface area (Å²) in [5.41, 5.74) is 11.0. The Morgan fingerprint density at radius 1 is 0.800 bits per heavy atom. The number of benzene rings is 3. The number of aliphatic hydroxyl groups is 2. The monoisotopic (exact) mass is 542 g/mol. The van der Waals surface area contributed by atoms with E-state index >= 15 is 0 Å². The summed E-state index contributed by atoms with van der Waals surface area (Å²) in [6.07, 6.45) is 7.45. The zero-order chi connectivity index (χ0) is 28.9. The fourth-order valence-electron chi connectivity index (χ4n) is 5.10. The highest BCUT2D eigenvalue weighted by Crippen LogP contribution is 2.30. The van der Waals surface area contributed by atoms with Gasteiger partial charge in [-0.25, -0.2) is 4.79 Å². The molecule has 0 aliphatic heterocycles. The molecule has 40 heavy (non-hydrogen) atoms. The van der Waals surface area contributed by atoms with Crippen molar-refractivity contribution in [2.45, 2.75) is 72.1 Å². The van der Waals surface area contributed by atoms with E-state index in [0.29, 0.717) is 12.2 Å². The predicted molar refractivity (Wildman–Crippen MR) is 165 cm³/mol. The lowest BCUT2D eigenvalue weighted by Gasteiger charge is -2.15. The summed E-state index contributed by atoms with van der Waals surface area (Å²) in [6, 6.07) is 22.5. The van der Waals surface area contributed by atoms with E-state index in [1.54, 1.807) is 6.92 Å². The third-order valence-corrected chi connectivity index (χ3v) is 7.64. The summed E-state index contributed by atoms with van der Waals surface area (Å²) in [7, 11) is 0. The number of hydrogen-bond donors (Lipinski definition) is 2. The second-order valence-corrected chi connectivity index (χ2v) is 11.0. The van der Waals surface area contributed by atoms with E-state index in [-0.39, 0.29) is 25.1 Å². The Morgan fingerprint density at radius 3 is 1.95 bits per heavy atom. The van der Waals surface area contributed by atoms with Crippen molar-refractivity contribution < 1.29 is 19.7 Å². The molecule has 214 valence electrons. The fourth-order valence-corrected chi connectivity index (χ4v) is 5.10. The summed E-state index contributed by atoms with van der Waals surface area (Å²) in [5.74, 6) is -0.330. The molecule has 0 saturated carbocycles.